The molecule has 0 bridgehead atoms. The predicted molar refractivity (Wildman–Crippen MR) is 148 cm³/mol. The van der Waals surface area contributed by atoms with Crippen LogP contribution in [0.15, 0.2) is 12.2 Å². The molecule has 1 atom stereocenters. The van der Waals surface area contributed by atoms with Gasteiger partial charge in [0.05, 0.1) is 6.04 Å². The van der Waals surface area contributed by atoms with Gasteiger partial charge >= 0.3 is 0 Å². The third kappa shape index (κ3) is 23.8. The van der Waals surface area contributed by atoms with Gasteiger partial charge in [-0.2, -0.15) is 0 Å². The van der Waals surface area contributed by atoms with Crippen molar-refractivity contribution in [1.82, 2.24) is 10.6 Å². The third-order valence-electron chi connectivity index (χ3n) is 6.17. The standard InChI is InChI=1S/C30H56N2O3/c1-6-7-8-9-10-11-12-13-14-15-16-17-18-19-20-23-28(34)32-27(26(2)33)22-21-24-31-29(35)25-30(3,4)5/h13-14,27H,6-12,15-25H2,1-5H3,(H,31,35)(H,32,34)/b14-13-/t27-/m0/s1. The van der Waals surface area contributed by atoms with E-state index in [1.165, 1.54) is 64.7 Å². The van der Waals surface area contributed by atoms with E-state index >= 15 is 0 Å². The molecule has 0 aliphatic carbocycles. The highest BCUT2D eigenvalue weighted by Crippen LogP contribution is 2.17. The first-order chi connectivity index (χ1) is 16.7. The molecule has 2 amide bonds. The minimum Gasteiger partial charge on any atom is -0.356 e. The van der Waals surface area contributed by atoms with Crippen LogP contribution in [0.5, 0.6) is 0 Å². The van der Waals surface area contributed by atoms with Gasteiger partial charge in [0.2, 0.25) is 11.8 Å². The Balaban J connectivity index is 3.74. The van der Waals surface area contributed by atoms with Crippen molar-refractivity contribution in [2.75, 3.05) is 6.54 Å². The summed E-state index contributed by atoms with van der Waals surface area (Å²) < 4.78 is 0. The summed E-state index contributed by atoms with van der Waals surface area (Å²) >= 11 is 0. The van der Waals surface area contributed by atoms with Gasteiger partial charge in [-0.3, -0.25) is 14.4 Å². The molecule has 2 N–H and O–H groups in total. The van der Waals surface area contributed by atoms with Crippen LogP contribution in [0.2, 0.25) is 0 Å². The molecule has 0 aromatic rings. The first kappa shape index (κ1) is 33.4. The van der Waals surface area contributed by atoms with Crippen LogP contribution in [0, 0.1) is 5.41 Å². The lowest BCUT2D eigenvalue weighted by molar-refractivity contribution is -0.127. The predicted octanol–water partition coefficient (Wildman–Crippen LogP) is 7.43. The molecule has 0 saturated heterocycles. The molecule has 0 aliphatic heterocycles. The second kappa shape index (κ2) is 21.6. The smallest absolute Gasteiger partial charge is 0.220 e. The Bertz CT molecular complexity index is 593. The zero-order chi connectivity index (χ0) is 26.4. The lowest BCUT2D eigenvalue weighted by Gasteiger charge is -2.18. The summed E-state index contributed by atoms with van der Waals surface area (Å²) in [7, 11) is 0. The molecular weight excluding hydrogens is 436 g/mol. The van der Waals surface area contributed by atoms with Gasteiger partial charge in [-0.05, 0) is 57.3 Å². The fourth-order valence-electron chi connectivity index (χ4n) is 4.08. The average Bonchev–Trinajstić information content (AvgIpc) is 2.77. The van der Waals surface area contributed by atoms with Crippen LogP contribution >= 0.6 is 0 Å². The van der Waals surface area contributed by atoms with Crippen LogP contribution in [0.1, 0.15) is 144 Å². The number of allylic oxidation sites excluding steroid dienone is 2. The molecule has 0 radical (unpaired) electrons. The van der Waals surface area contributed by atoms with Crippen molar-refractivity contribution in [3.05, 3.63) is 12.2 Å². The second-order valence-corrected chi connectivity index (χ2v) is 11.3. The maximum absolute atomic E-state index is 12.2. The van der Waals surface area contributed by atoms with E-state index in [0.717, 1.165) is 25.7 Å². The number of amides is 2. The Morgan fingerprint density at radius 2 is 1.29 bits per heavy atom. The van der Waals surface area contributed by atoms with Crippen LogP contribution in [0.25, 0.3) is 0 Å². The Hall–Kier alpha value is -1.65. The summed E-state index contributed by atoms with van der Waals surface area (Å²) in [5.41, 5.74) is -0.0377. The molecule has 0 spiro atoms. The number of carbonyl (C=O) groups is 3. The number of ketones is 1. The van der Waals surface area contributed by atoms with E-state index in [4.69, 9.17) is 0 Å². The van der Waals surface area contributed by atoms with E-state index in [1.807, 2.05) is 20.8 Å². The van der Waals surface area contributed by atoms with Crippen LogP contribution in [-0.2, 0) is 14.4 Å². The minimum absolute atomic E-state index is 0.0242. The molecule has 204 valence electrons. The summed E-state index contributed by atoms with van der Waals surface area (Å²) in [5, 5.41) is 5.79. The topological polar surface area (TPSA) is 75.3 Å². The van der Waals surface area contributed by atoms with Crippen molar-refractivity contribution in [2.45, 2.75) is 150 Å². The quantitative estimate of drug-likeness (QED) is 0.122. The molecule has 0 saturated carbocycles. The fraction of sp³-hybridized carbons (Fsp3) is 0.833. The van der Waals surface area contributed by atoms with Crippen LogP contribution in [-0.4, -0.2) is 30.2 Å². The highest BCUT2D eigenvalue weighted by Gasteiger charge is 2.18. The molecule has 35 heavy (non-hydrogen) atoms. The third-order valence-corrected chi connectivity index (χ3v) is 6.17. The molecule has 0 fully saturated rings. The van der Waals surface area contributed by atoms with Crippen LogP contribution in [0.3, 0.4) is 0 Å². The van der Waals surface area contributed by atoms with Crippen molar-refractivity contribution in [3.63, 3.8) is 0 Å². The minimum atomic E-state index is -0.454. The van der Waals surface area contributed by atoms with Crippen molar-refractivity contribution in [3.8, 4) is 0 Å². The van der Waals surface area contributed by atoms with Crippen molar-refractivity contribution >= 4 is 17.6 Å². The zero-order valence-corrected chi connectivity index (χ0v) is 23.7. The normalized spacial score (nSPS) is 12.6. The van der Waals surface area contributed by atoms with Gasteiger partial charge in [0.25, 0.3) is 0 Å². The highest BCUT2D eigenvalue weighted by molar-refractivity contribution is 5.87. The monoisotopic (exact) mass is 492 g/mol. The Labute approximate surface area is 216 Å². The number of rotatable bonds is 22. The molecular formula is C30H56N2O3. The summed E-state index contributed by atoms with van der Waals surface area (Å²) in [5.74, 6) is -0.0337. The van der Waals surface area contributed by atoms with Gasteiger partial charge in [0.1, 0.15) is 0 Å². The number of hydrogen-bond donors (Lipinski definition) is 2. The lowest BCUT2D eigenvalue weighted by atomic mass is 9.92. The van der Waals surface area contributed by atoms with Crippen molar-refractivity contribution < 1.29 is 14.4 Å². The van der Waals surface area contributed by atoms with Crippen molar-refractivity contribution in [1.29, 1.82) is 0 Å². The maximum Gasteiger partial charge on any atom is 0.220 e. The Kier molecular flexibility index (Phi) is 20.6. The van der Waals surface area contributed by atoms with Gasteiger partial charge in [-0.25, -0.2) is 0 Å². The molecule has 0 aliphatic rings. The average molecular weight is 493 g/mol. The first-order valence-electron chi connectivity index (χ1n) is 14.4. The molecule has 5 nitrogen and oxygen atoms in total. The van der Waals surface area contributed by atoms with E-state index in [2.05, 4.69) is 29.7 Å². The molecule has 0 heterocycles. The van der Waals surface area contributed by atoms with Gasteiger partial charge in [-0.15, -0.1) is 0 Å². The van der Waals surface area contributed by atoms with E-state index in [1.54, 1.807) is 0 Å². The van der Waals surface area contributed by atoms with Gasteiger partial charge in [-0.1, -0.05) is 91.2 Å². The largest absolute Gasteiger partial charge is 0.356 e. The molecule has 0 aromatic carbocycles. The van der Waals surface area contributed by atoms with E-state index in [9.17, 15) is 14.4 Å². The van der Waals surface area contributed by atoms with Gasteiger partial charge < -0.3 is 10.6 Å². The number of unbranched alkanes of at least 4 members (excludes halogenated alkanes) is 11. The van der Waals surface area contributed by atoms with E-state index in [-0.39, 0.29) is 23.0 Å². The fourth-order valence-corrected chi connectivity index (χ4v) is 4.08. The van der Waals surface area contributed by atoms with Crippen LogP contribution in [0.4, 0.5) is 0 Å². The first-order valence-corrected chi connectivity index (χ1v) is 14.4. The Morgan fingerprint density at radius 1 is 0.743 bits per heavy atom. The lowest BCUT2D eigenvalue weighted by Crippen LogP contribution is -2.40. The highest BCUT2D eigenvalue weighted by atomic mass is 16.2. The van der Waals surface area contributed by atoms with Gasteiger partial charge in [0, 0.05) is 19.4 Å². The molecule has 0 rings (SSSR count). The number of nitrogens with one attached hydrogen (secondary N) is 2. The van der Waals surface area contributed by atoms with Gasteiger partial charge in [0.15, 0.2) is 5.78 Å². The SMILES string of the molecule is CCCCCCCC/C=C\CCCCCCCC(=O)N[C@@H](CCCNC(=O)CC(C)(C)C)C(C)=O. The van der Waals surface area contributed by atoms with Crippen molar-refractivity contribution in [2.24, 2.45) is 5.41 Å². The van der Waals surface area contributed by atoms with E-state index in [0.29, 0.717) is 32.2 Å². The molecule has 0 unspecified atom stereocenters. The number of Topliss-reactive ketones (excluding diaryl/α,β-unsaturated/α-hetero) is 1. The summed E-state index contributed by atoms with van der Waals surface area (Å²) in [4.78, 5) is 36.0. The molecule has 0 aromatic heterocycles. The number of hydrogen-bond acceptors (Lipinski definition) is 3. The summed E-state index contributed by atoms with van der Waals surface area (Å²) in [6.45, 7) is 10.4. The summed E-state index contributed by atoms with van der Waals surface area (Å²) in [6, 6.07) is -0.454. The summed E-state index contributed by atoms with van der Waals surface area (Å²) in [6.07, 6.45) is 22.9. The van der Waals surface area contributed by atoms with E-state index < -0.39 is 6.04 Å². The van der Waals surface area contributed by atoms with Crippen LogP contribution < -0.4 is 10.6 Å². The second-order valence-electron chi connectivity index (χ2n) is 11.3. The Morgan fingerprint density at radius 3 is 1.83 bits per heavy atom. The zero-order valence-electron chi connectivity index (χ0n) is 23.7. The number of carbonyl (C=O) groups excluding carboxylic acids is 3. The maximum atomic E-state index is 12.2. The molecule has 5 heteroatoms.